The molecule has 0 aromatic carbocycles. The highest BCUT2D eigenvalue weighted by molar-refractivity contribution is 5.98. The predicted molar refractivity (Wildman–Crippen MR) is 87.6 cm³/mol. The summed E-state index contributed by atoms with van der Waals surface area (Å²) in [7, 11) is 0. The predicted octanol–water partition coefficient (Wildman–Crippen LogP) is 1.72. The first-order valence-corrected chi connectivity index (χ1v) is 9.57. The zero-order valence-electron chi connectivity index (χ0n) is 14.4. The molecule has 0 aromatic heterocycles. The first kappa shape index (κ1) is 15.5. The molecule has 0 aromatic rings. The largest absolute Gasteiger partial charge is 0.439 e. The van der Waals surface area contributed by atoms with Crippen LogP contribution in [0.5, 0.6) is 0 Å². The van der Waals surface area contributed by atoms with Gasteiger partial charge in [0.15, 0.2) is 6.61 Å². The second-order valence-corrected chi connectivity index (χ2v) is 8.83. The third kappa shape index (κ3) is 2.50. The maximum absolute atomic E-state index is 12.8. The molecule has 6 aliphatic rings. The minimum Gasteiger partial charge on any atom is -0.439 e. The Morgan fingerprint density at radius 3 is 2.28 bits per heavy atom. The Morgan fingerprint density at radius 2 is 1.72 bits per heavy atom. The summed E-state index contributed by atoms with van der Waals surface area (Å²) in [5, 5.41) is 3.37. The van der Waals surface area contributed by atoms with Crippen LogP contribution in [-0.2, 0) is 9.53 Å². The standard InChI is InChI=1S/C18H25N3O4/c22-15-10-25-17(24)21(15)14-1-2-20(9-14)16(23)19-18-6-11-3-12(7-18)5-13(4-11)8-18/h11-14H,1-10H2,(H,19,23). The van der Waals surface area contributed by atoms with Crippen LogP contribution in [-0.4, -0.2) is 59.1 Å². The van der Waals surface area contributed by atoms with Crippen LogP contribution in [0.15, 0.2) is 0 Å². The van der Waals surface area contributed by atoms with E-state index < -0.39 is 6.09 Å². The molecule has 6 rings (SSSR count). The number of likely N-dealkylation sites (tertiary alicyclic amines) is 1. The fourth-order valence-corrected chi connectivity index (χ4v) is 6.42. The van der Waals surface area contributed by atoms with E-state index in [2.05, 4.69) is 5.32 Å². The minimum atomic E-state index is -0.571. The van der Waals surface area contributed by atoms with Gasteiger partial charge in [0.05, 0.1) is 6.04 Å². The van der Waals surface area contributed by atoms with Crippen molar-refractivity contribution in [1.29, 1.82) is 0 Å². The van der Waals surface area contributed by atoms with Gasteiger partial charge in [-0.3, -0.25) is 4.79 Å². The van der Waals surface area contributed by atoms with Crippen LogP contribution in [0.3, 0.4) is 0 Å². The number of imide groups is 1. The Morgan fingerprint density at radius 1 is 1.08 bits per heavy atom. The van der Waals surface area contributed by atoms with Gasteiger partial charge in [-0.05, 0) is 62.7 Å². The smallest absolute Gasteiger partial charge is 0.417 e. The van der Waals surface area contributed by atoms with Crippen molar-refractivity contribution >= 4 is 18.0 Å². The number of nitrogens with zero attached hydrogens (tertiary/aromatic N) is 2. The molecule has 7 heteroatoms. The van der Waals surface area contributed by atoms with Gasteiger partial charge in [0.1, 0.15) is 0 Å². The van der Waals surface area contributed by atoms with Crippen molar-refractivity contribution in [2.24, 2.45) is 17.8 Å². The molecule has 2 saturated heterocycles. The molecule has 2 heterocycles. The third-order valence-corrected chi connectivity index (χ3v) is 7.01. The van der Waals surface area contributed by atoms with Gasteiger partial charge in [0, 0.05) is 18.6 Å². The van der Waals surface area contributed by atoms with Crippen molar-refractivity contribution < 1.29 is 19.1 Å². The van der Waals surface area contributed by atoms with Crippen LogP contribution in [0.25, 0.3) is 0 Å². The molecule has 4 saturated carbocycles. The summed E-state index contributed by atoms with van der Waals surface area (Å²) in [6.07, 6.45) is 7.48. The Balaban J connectivity index is 1.24. The quantitative estimate of drug-likeness (QED) is 0.825. The third-order valence-electron chi connectivity index (χ3n) is 7.01. The minimum absolute atomic E-state index is 0.00762. The number of hydrogen-bond donors (Lipinski definition) is 1. The van der Waals surface area contributed by atoms with Crippen LogP contribution in [0.2, 0.25) is 0 Å². The maximum atomic E-state index is 12.8. The molecule has 4 amide bonds. The fourth-order valence-electron chi connectivity index (χ4n) is 6.42. The first-order chi connectivity index (χ1) is 12.0. The highest BCUT2D eigenvalue weighted by Gasteiger charge is 2.52. The van der Waals surface area contributed by atoms with Crippen LogP contribution in [0.4, 0.5) is 9.59 Å². The average molecular weight is 347 g/mol. The fraction of sp³-hybridized carbons (Fsp3) is 0.833. The van der Waals surface area contributed by atoms with E-state index in [4.69, 9.17) is 4.74 Å². The van der Waals surface area contributed by atoms with Gasteiger partial charge >= 0.3 is 12.1 Å². The van der Waals surface area contributed by atoms with Gasteiger partial charge in [0.2, 0.25) is 0 Å². The Labute approximate surface area is 147 Å². The second-order valence-electron chi connectivity index (χ2n) is 8.83. The molecular weight excluding hydrogens is 322 g/mol. The van der Waals surface area contributed by atoms with Crippen molar-refractivity contribution in [2.75, 3.05) is 19.7 Å². The van der Waals surface area contributed by atoms with Crippen LogP contribution >= 0.6 is 0 Å². The summed E-state index contributed by atoms with van der Waals surface area (Å²) in [5.74, 6) is 2.07. The van der Waals surface area contributed by atoms with E-state index in [1.807, 2.05) is 0 Å². The molecule has 2 aliphatic heterocycles. The Bertz CT molecular complexity index is 583. The van der Waals surface area contributed by atoms with E-state index in [1.54, 1.807) is 4.90 Å². The van der Waals surface area contributed by atoms with Crippen LogP contribution in [0, 0.1) is 17.8 Å². The van der Waals surface area contributed by atoms with Gasteiger partial charge in [-0.15, -0.1) is 0 Å². The molecule has 1 atom stereocenters. The molecule has 1 unspecified atom stereocenters. The maximum Gasteiger partial charge on any atom is 0.417 e. The number of urea groups is 1. The Kier molecular flexibility index (Phi) is 3.31. The van der Waals surface area contributed by atoms with E-state index in [0.717, 1.165) is 37.0 Å². The van der Waals surface area contributed by atoms with Crippen molar-refractivity contribution in [3.05, 3.63) is 0 Å². The second kappa shape index (κ2) is 5.35. The lowest BCUT2D eigenvalue weighted by atomic mass is 9.53. The topological polar surface area (TPSA) is 79.0 Å². The van der Waals surface area contributed by atoms with Crippen molar-refractivity contribution in [3.63, 3.8) is 0 Å². The lowest BCUT2D eigenvalue weighted by Gasteiger charge is -2.57. The number of amides is 4. The van der Waals surface area contributed by atoms with Gasteiger partial charge < -0.3 is 15.0 Å². The molecule has 6 fully saturated rings. The number of cyclic esters (lactones) is 1. The summed E-state index contributed by atoms with van der Waals surface area (Å²) < 4.78 is 4.80. The van der Waals surface area contributed by atoms with Crippen molar-refractivity contribution in [2.45, 2.75) is 56.5 Å². The monoisotopic (exact) mass is 347 g/mol. The summed E-state index contributed by atoms with van der Waals surface area (Å²) in [5.41, 5.74) is -0.00762. The number of carbonyl (C=O) groups excluding carboxylic acids is 3. The zero-order valence-corrected chi connectivity index (χ0v) is 14.4. The number of ether oxygens (including phenoxy) is 1. The van der Waals surface area contributed by atoms with E-state index in [1.165, 1.54) is 24.2 Å². The van der Waals surface area contributed by atoms with E-state index in [9.17, 15) is 14.4 Å². The molecular formula is C18H25N3O4. The van der Waals surface area contributed by atoms with Gasteiger partial charge in [-0.25, -0.2) is 14.5 Å². The molecule has 25 heavy (non-hydrogen) atoms. The number of hydrogen-bond acceptors (Lipinski definition) is 4. The summed E-state index contributed by atoms with van der Waals surface area (Å²) in [6, 6.07) is -0.269. The SMILES string of the molecule is O=C(NC12CC3CC(CC(C3)C1)C2)N1CCC(N2C(=O)COC2=O)C1. The van der Waals surface area contributed by atoms with Gasteiger partial charge in [-0.1, -0.05) is 0 Å². The zero-order chi connectivity index (χ0) is 17.2. The Hall–Kier alpha value is -1.79. The molecule has 1 N–H and O–H groups in total. The average Bonchev–Trinajstić information content (AvgIpc) is 3.12. The highest BCUT2D eigenvalue weighted by Crippen LogP contribution is 2.55. The molecule has 136 valence electrons. The van der Waals surface area contributed by atoms with E-state index in [-0.39, 0.29) is 30.1 Å². The van der Waals surface area contributed by atoms with E-state index >= 15 is 0 Å². The number of carbonyl (C=O) groups is 3. The highest BCUT2D eigenvalue weighted by atomic mass is 16.6. The molecule has 0 radical (unpaired) electrons. The first-order valence-electron chi connectivity index (χ1n) is 9.57. The van der Waals surface area contributed by atoms with Crippen LogP contribution in [0.1, 0.15) is 44.9 Å². The lowest BCUT2D eigenvalue weighted by Crippen LogP contribution is -2.61. The number of rotatable bonds is 2. The molecule has 7 nitrogen and oxygen atoms in total. The molecule has 0 spiro atoms. The number of nitrogens with one attached hydrogen (secondary N) is 1. The summed E-state index contributed by atoms with van der Waals surface area (Å²) >= 11 is 0. The van der Waals surface area contributed by atoms with Gasteiger partial charge in [-0.2, -0.15) is 0 Å². The molecule has 4 bridgehead atoms. The normalized spacial score (nSPS) is 42.2. The van der Waals surface area contributed by atoms with Gasteiger partial charge in [0.25, 0.3) is 5.91 Å². The molecule has 4 aliphatic carbocycles. The van der Waals surface area contributed by atoms with Crippen molar-refractivity contribution in [1.82, 2.24) is 15.1 Å². The lowest BCUT2D eigenvalue weighted by molar-refractivity contribution is -0.127. The van der Waals surface area contributed by atoms with Crippen LogP contribution < -0.4 is 5.32 Å². The summed E-state index contributed by atoms with van der Waals surface area (Å²) in [6.45, 7) is 0.827. The van der Waals surface area contributed by atoms with Crippen molar-refractivity contribution in [3.8, 4) is 0 Å². The summed E-state index contributed by atoms with van der Waals surface area (Å²) in [4.78, 5) is 39.3. The van der Waals surface area contributed by atoms with E-state index in [0.29, 0.717) is 19.5 Å².